The van der Waals surface area contributed by atoms with Gasteiger partial charge in [0.2, 0.25) is 0 Å². The summed E-state index contributed by atoms with van der Waals surface area (Å²) in [5, 5.41) is 0. The molecule has 4 heteroatoms. The van der Waals surface area contributed by atoms with Gasteiger partial charge in [-0.3, -0.25) is 0 Å². The lowest BCUT2D eigenvalue weighted by Crippen LogP contribution is -1.90. The number of hydrogen-bond acceptors (Lipinski definition) is 1. The lowest BCUT2D eigenvalue weighted by atomic mass is 10.1. The van der Waals surface area contributed by atoms with Crippen molar-refractivity contribution in [1.82, 2.24) is 9.55 Å². The van der Waals surface area contributed by atoms with Crippen molar-refractivity contribution in [2.45, 2.75) is 6.92 Å². The molecule has 0 aliphatic rings. The van der Waals surface area contributed by atoms with Crippen molar-refractivity contribution in [3.05, 3.63) is 40.5 Å². The Kier molecular flexibility index (Phi) is 2.61. The average Bonchev–Trinajstić information content (AvgIpc) is 2.47. The summed E-state index contributed by atoms with van der Waals surface area (Å²) < 4.78 is 16.2. The lowest BCUT2D eigenvalue weighted by molar-refractivity contribution is 0.630. The number of nitrogens with zero attached hydrogens (tertiary/aromatic N) is 2. The molecule has 0 atom stereocenters. The van der Waals surface area contributed by atoms with E-state index in [9.17, 15) is 4.39 Å². The summed E-state index contributed by atoms with van der Waals surface area (Å²) in [7, 11) is 1.89. The molecule has 0 bridgehead atoms. The molecule has 0 amide bonds. The van der Waals surface area contributed by atoms with Crippen LogP contribution in [0, 0.1) is 12.7 Å². The van der Waals surface area contributed by atoms with Gasteiger partial charge in [-0.2, -0.15) is 0 Å². The maximum absolute atomic E-state index is 13.5. The molecular weight excluding hydrogens is 259 g/mol. The third kappa shape index (κ3) is 1.69. The number of aromatic nitrogens is 2. The van der Waals surface area contributed by atoms with E-state index in [1.165, 1.54) is 6.07 Å². The predicted molar refractivity (Wildman–Crippen MR) is 61.0 cm³/mol. The summed E-state index contributed by atoms with van der Waals surface area (Å²) in [5.74, 6) is 0.594. The van der Waals surface area contributed by atoms with Gasteiger partial charge in [0.15, 0.2) is 0 Å². The van der Waals surface area contributed by atoms with Crippen LogP contribution in [0.5, 0.6) is 0 Å². The highest BCUT2D eigenvalue weighted by atomic mass is 79.9. The molecule has 0 N–H and O–H groups in total. The van der Waals surface area contributed by atoms with Crippen molar-refractivity contribution in [2.24, 2.45) is 7.05 Å². The molecule has 0 saturated heterocycles. The van der Waals surface area contributed by atoms with Crippen LogP contribution in [0.25, 0.3) is 11.3 Å². The fourth-order valence-electron chi connectivity index (χ4n) is 1.41. The van der Waals surface area contributed by atoms with Crippen LogP contribution in [0.2, 0.25) is 0 Å². The number of imidazole rings is 1. The average molecular weight is 269 g/mol. The van der Waals surface area contributed by atoms with Gasteiger partial charge in [0.25, 0.3) is 0 Å². The quantitative estimate of drug-likeness (QED) is 0.776. The highest BCUT2D eigenvalue weighted by Crippen LogP contribution is 2.29. The topological polar surface area (TPSA) is 17.8 Å². The zero-order valence-corrected chi connectivity index (χ0v) is 10.0. The van der Waals surface area contributed by atoms with E-state index in [1.807, 2.05) is 18.5 Å². The normalized spacial score (nSPS) is 10.7. The van der Waals surface area contributed by atoms with E-state index in [-0.39, 0.29) is 5.82 Å². The van der Waals surface area contributed by atoms with Crippen molar-refractivity contribution in [1.29, 1.82) is 0 Å². The monoisotopic (exact) mass is 268 g/mol. The Bertz CT molecular complexity index is 505. The Balaban J connectivity index is 2.65. The van der Waals surface area contributed by atoms with Crippen molar-refractivity contribution in [2.75, 3.05) is 0 Å². The first-order valence-corrected chi connectivity index (χ1v) is 5.34. The Morgan fingerprint density at radius 1 is 1.33 bits per heavy atom. The van der Waals surface area contributed by atoms with Crippen LogP contribution in [0.3, 0.4) is 0 Å². The minimum absolute atomic E-state index is 0.253. The predicted octanol–water partition coefficient (Wildman–Crippen LogP) is 3.30. The summed E-state index contributed by atoms with van der Waals surface area (Å²) in [6.45, 7) is 1.88. The summed E-state index contributed by atoms with van der Waals surface area (Å²) in [6, 6.07) is 6.63. The van der Waals surface area contributed by atoms with Crippen LogP contribution in [0.4, 0.5) is 4.39 Å². The highest BCUT2D eigenvalue weighted by molar-refractivity contribution is 9.10. The van der Waals surface area contributed by atoms with Crippen LogP contribution in [0.15, 0.2) is 28.9 Å². The summed E-state index contributed by atoms with van der Waals surface area (Å²) in [5.41, 5.74) is 1.17. The minimum atomic E-state index is -0.253. The summed E-state index contributed by atoms with van der Waals surface area (Å²) in [4.78, 5) is 4.32. The van der Waals surface area contributed by atoms with Gasteiger partial charge < -0.3 is 4.57 Å². The van der Waals surface area contributed by atoms with Gasteiger partial charge in [-0.15, -0.1) is 0 Å². The standard InChI is InChI=1S/C11H10BrFN2/c1-7-14-10(11(12)15(7)2)8-5-3-4-6-9(8)13/h3-6H,1-2H3. The second kappa shape index (κ2) is 3.77. The zero-order chi connectivity index (χ0) is 11.0. The molecule has 0 saturated carbocycles. The van der Waals surface area contributed by atoms with Crippen molar-refractivity contribution in [3.63, 3.8) is 0 Å². The molecule has 1 aromatic heterocycles. The first-order valence-electron chi connectivity index (χ1n) is 4.55. The third-order valence-corrected chi connectivity index (χ3v) is 3.29. The van der Waals surface area contributed by atoms with Crippen LogP contribution in [0.1, 0.15) is 5.82 Å². The number of rotatable bonds is 1. The van der Waals surface area contributed by atoms with E-state index in [0.29, 0.717) is 11.3 Å². The fraction of sp³-hybridized carbons (Fsp3) is 0.182. The SMILES string of the molecule is Cc1nc(-c2ccccc2F)c(Br)n1C. The van der Waals surface area contributed by atoms with E-state index in [2.05, 4.69) is 20.9 Å². The van der Waals surface area contributed by atoms with Gasteiger partial charge in [-0.25, -0.2) is 9.37 Å². The van der Waals surface area contributed by atoms with Crippen molar-refractivity contribution < 1.29 is 4.39 Å². The number of benzene rings is 1. The number of aryl methyl sites for hydroxylation is 1. The molecule has 0 aliphatic heterocycles. The molecule has 0 spiro atoms. The number of halogens is 2. The van der Waals surface area contributed by atoms with Gasteiger partial charge in [0, 0.05) is 12.6 Å². The molecule has 0 aliphatic carbocycles. The van der Waals surface area contributed by atoms with E-state index < -0.39 is 0 Å². The Morgan fingerprint density at radius 2 is 2.00 bits per heavy atom. The third-order valence-electron chi connectivity index (χ3n) is 2.38. The summed E-state index contributed by atoms with van der Waals surface area (Å²) >= 11 is 3.41. The molecule has 0 radical (unpaired) electrons. The van der Waals surface area contributed by atoms with Crippen LogP contribution in [-0.2, 0) is 7.05 Å². The molecule has 0 unspecified atom stereocenters. The van der Waals surface area contributed by atoms with E-state index in [4.69, 9.17) is 0 Å². The molecule has 15 heavy (non-hydrogen) atoms. The lowest BCUT2D eigenvalue weighted by Gasteiger charge is -2.00. The summed E-state index contributed by atoms with van der Waals surface area (Å²) in [6.07, 6.45) is 0. The van der Waals surface area contributed by atoms with Crippen LogP contribution < -0.4 is 0 Å². The minimum Gasteiger partial charge on any atom is -0.326 e. The van der Waals surface area contributed by atoms with Crippen LogP contribution in [-0.4, -0.2) is 9.55 Å². The number of hydrogen-bond donors (Lipinski definition) is 0. The molecule has 78 valence electrons. The van der Waals surface area contributed by atoms with Gasteiger partial charge in [0.05, 0.1) is 0 Å². The largest absolute Gasteiger partial charge is 0.326 e. The first-order chi connectivity index (χ1) is 7.11. The van der Waals surface area contributed by atoms with E-state index in [0.717, 1.165) is 10.4 Å². The smallest absolute Gasteiger partial charge is 0.132 e. The fourth-order valence-corrected chi connectivity index (χ4v) is 1.97. The van der Waals surface area contributed by atoms with Crippen molar-refractivity contribution in [3.8, 4) is 11.3 Å². The molecule has 0 fully saturated rings. The maximum Gasteiger partial charge on any atom is 0.132 e. The van der Waals surface area contributed by atoms with Crippen LogP contribution >= 0.6 is 15.9 Å². The maximum atomic E-state index is 13.5. The van der Waals surface area contributed by atoms with E-state index in [1.54, 1.807) is 18.2 Å². The molecular formula is C11H10BrFN2. The Morgan fingerprint density at radius 3 is 2.53 bits per heavy atom. The molecule has 1 aromatic carbocycles. The van der Waals surface area contributed by atoms with Gasteiger partial charge in [-0.1, -0.05) is 12.1 Å². The van der Waals surface area contributed by atoms with Gasteiger partial charge in [0.1, 0.15) is 21.9 Å². The molecule has 1 heterocycles. The highest BCUT2D eigenvalue weighted by Gasteiger charge is 2.14. The molecule has 2 nitrogen and oxygen atoms in total. The zero-order valence-electron chi connectivity index (χ0n) is 8.46. The first kappa shape index (κ1) is 10.4. The second-order valence-corrected chi connectivity index (χ2v) is 4.09. The van der Waals surface area contributed by atoms with Crippen molar-refractivity contribution >= 4 is 15.9 Å². The Labute approximate surface area is 95.9 Å². The Hall–Kier alpha value is -1.16. The molecule has 2 aromatic rings. The molecule has 2 rings (SSSR count). The second-order valence-electron chi connectivity index (χ2n) is 3.34. The van der Waals surface area contributed by atoms with Gasteiger partial charge in [-0.05, 0) is 35.0 Å². The van der Waals surface area contributed by atoms with E-state index >= 15 is 0 Å². The van der Waals surface area contributed by atoms with Gasteiger partial charge >= 0.3 is 0 Å².